The van der Waals surface area contributed by atoms with Gasteiger partial charge < -0.3 is 9.88 Å². The van der Waals surface area contributed by atoms with E-state index < -0.39 is 0 Å². The number of carbonyl (C=O) groups excluding carboxylic acids is 1. The van der Waals surface area contributed by atoms with E-state index in [1.807, 2.05) is 51.0 Å². The van der Waals surface area contributed by atoms with Crippen LogP contribution in [0.5, 0.6) is 0 Å². The molecule has 23 heavy (non-hydrogen) atoms. The summed E-state index contributed by atoms with van der Waals surface area (Å²) in [5, 5.41) is 8.53. The third-order valence-corrected chi connectivity index (χ3v) is 4.45. The first-order chi connectivity index (χ1) is 11.0. The van der Waals surface area contributed by atoms with Gasteiger partial charge in [-0.3, -0.25) is 9.48 Å². The molecule has 5 nitrogen and oxygen atoms in total. The fourth-order valence-corrected chi connectivity index (χ4v) is 3.06. The molecule has 0 atom stereocenters. The summed E-state index contributed by atoms with van der Waals surface area (Å²) in [6.07, 6.45) is 2.42. The number of aryl methyl sites for hydroxylation is 3. The van der Waals surface area contributed by atoms with Crippen LogP contribution in [-0.2, 0) is 31.9 Å². The van der Waals surface area contributed by atoms with Crippen molar-refractivity contribution < 1.29 is 4.79 Å². The number of fused-ring (bicyclic) bond motifs is 1. The monoisotopic (exact) mass is 310 g/mol. The number of carbonyl (C=O) groups is 1. The van der Waals surface area contributed by atoms with Crippen molar-refractivity contribution in [2.75, 3.05) is 0 Å². The number of nitrogens with one attached hydrogen (secondary N) is 1. The molecule has 3 aromatic rings. The zero-order chi connectivity index (χ0) is 16.6. The summed E-state index contributed by atoms with van der Waals surface area (Å²) in [4.78, 5) is 12.3. The van der Waals surface area contributed by atoms with Crippen LogP contribution >= 0.6 is 0 Å². The van der Waals surface area contributed by atoms with Crippen LogP contribution in [0, 0.1) is 13.8 Å². The van der Waals surface area contributed by atoms with Crippen molar-refractivity contribution >= 4 is 16.8 Å². The molecular weight excluding hydrogens is 288 g/mol. The third-order valence-electron chi connectivity index (χ3n) is 4.45. The van der Waals surface area contributed by atoms with Crippen LogP contribution < -0.4 is 5.32 Å². The standard InChI is InChI=1S/C18H22N4O/c1-12-16(13(2)22(4)20-12)10-19-18(23)9-14-11-21(3)17-8-6-5-7-15(14)17/h5-8,11H,9-10H2,1-4H3,(H,19,23). The van der Waals surface area contributed by atoms with Gasteiger partial charge in [-0.25, -0.2) is 0 Å². The van der Waals surface area contributed by atoms with Gasteiger partial charge in [-0.05, 0) is 25.5 Å². The van der Waals surface area contributed by atoms with Gasteiger partial charge in [-0.15, -0.1) is 0 Å². The second-order valence-electron chi connectivity index (χ2n) is 6.01. The van der Waals surface area contributed by atoms with Crippen molar-refractivity contribution in [3.63, 3.8) is 0 Å². The summed E-state index contributed by atoms with van der Waals surface area (Å²) < 4.78 is 3.91. The van der Waals surface area contributed by atoms with E-state index in [9.17, 15) is 4.79 Å². The van der Waals surface area contributed by atoms with E-state index in [1.54, 1.807) is 0 Å². The van der Waals surface area contributed by atoms with Gasteiger partial charge in [0.05, 0.1) is 12.1 Å². The molecule has 1 N–H and O–H groups in total. The summed E-state index contributed by atoms with van der Waals surface area (Å²) in [6.45, 7) is 4.51. The van der Waals surface area contributed by atoms with Gasteiger partial charge in [0, 0.05) is 49.0 Å². The number of aromatic nitrogens is 3. The second-order valence-corrected chi connectivity index (χ2v) is 6.01. The van der Waals surface area contributed by atoms with Gasteiger partial charge in [0.2, 0.25) is 5.91 Å². The van der Waals surface area contributed by atoms with Crippen molar-refractivity contribution in [2.24, 2.45) is 14.1 Å². The predicted octanol–water partition coefficient (Wildman–Crippen LogP) is 2.39. The smallest absolute Gasteiger partial charge is 0.224 e. The first-order valence-corrected chi connectivity index (χ1v) is 7.76. The Kier molecular flexibility index (Phi) is 3.94. The molecule has 2 heterocycles. The molecule has 120 valence electrons. The molecule has 0 fully saturated rings. The number of hydrogen-bond donors (Lipinski definition) is 1. The number of para-hydroxylation sites is 1. The SMILES string of the molecule is Cc1nn(C)c(C)c1CNC(=O)Cc1cn(C)c2ccccc12. The summed E-state index contributed by atoms with van der Waals surface area (Å²) in [7, 11) is 3.93. The van der Waals surface area contributed by atoms with E-state index in [0.29, 0.717) is 13.0 Å². The van der Waals surface area contributed by atoms with Crippen LogP contribution in [0.4, 0.5) is 0 Å². The molecule has 0 bridgehead atoms. The molecule has 0 saturated heterocycles. The summed E-state index contributed by atoms with van der Waals surface area (Å²) >= 11 is 0. The molecule has 0 aliphatic carbocycles. The molecule has 0 unspecified atom stereocenters. The highest BCUT2D eigenvalue weighted by Gasteiger charge is 2.13. The van der Waals surface area contributed by atoms with Crippen molar-refractivity contribution in [3.05, 3.63) is 53.0 Å². The maximum absolute atomic E-state index is 12.3. The van der Waals surface area contributed by atoms with E-state index in [1.165, 1.54) is 0 Å². The quantitative estimate of drug-likeness (QED) is 0.804. The number of rotatable bonds is 4. The molecule has 0 saturated carbocycles. The Balaban J connectivity index is 1.72. The molecule has 5 heteroatoms. The summed E-state index contributed by atoms with van der Waals surface area (Å²) in [5.41, 5.74) is 5.36. The minimum atomic E-state index is 0.0315. The fraction of sp³-hybridized carbons (Fsp3) is 0.333. The van der Waals surface area contributed by atoms with Gasteiger partial charge in [0.1, 0.15) is 0 Å². The molecule has 1 amide bonds. The van der Waals surface area contributed by atoms with E-state index in [-0.39, 0.29) is 5.91 Å². The Morgan fingerprint density at radius 2 is 1.96 bits per heavy atom. The van der Waals surface area contributed by atoms with Crippen LogP contribution in [0.15, 0.2) is 30.5 Å². The average molecular weight is 310 g/mol. The molecule has 0 aliphatic rings. The van der Waals surface area contributed by atoms with Crippen molar-refractivity contribution in [3.8, 4) is 0 Å². The lowest BCUT2D eigenvalue weighted by atomic mass is 10.1. The predicted molar refractivity (Wildman–Crippen MR) is 91.2 cm³/mol. The summed E-state index contributed by atoms with van der Waals surface area (Å²) in [5.74, 6) is 0.0315. The zero-order valence-corrected chi connectivity index (χ0v) is 14.1. The second kappa shape index (κ2) is 5.91. The fourth-order valence-electron chi connectivity index (χ4n) is 3.06. The Morgan fingerprint density at radius 1 is 1.22 bits per heavy atom. The highest BCUT2D eigenvalue weighted by molar-refractivity contribution is 5.89. The molecule has 0 aliphatic heterocycles. The number of hydrogen-bond acceptors (Lipinski definition) is 2. The maximum atomic E-state index is 12.3. The lowest BCUT2D eigenvalue weighted by Crippen LogP contribution is -2.25. The third kappa shape index (κ3) is 2.86. The molecule has 3 rings (SSSR count). The Morgan fingerprint density at radius 3 is 2.65 bits per heavy atom. The topological polar surface area (TPSA) is 51.9 Å². The maximum Gasteiger partial charge on any atom is 0.224 e. The van der Waals surface area contributed by atoms with Crippen molar-refractivity contribution in [1.29, 1.82) is 0 Å². The van der Waals surface area contributed by atoms with E-state index in [2.05, 4.69) is 27.1 Å². The number of benzene rings is 1. The van der Waals surface area contributed by atoms with Gasteiger partial charge in [0.15, 0.2) is 0 Å². The van der Waals surface area contributed by atoms with Crippen LogP contribution in [0.3, 0.4) is 0 Å². The average Bonchev–Trinajstić information content (AvgIpc) is 2.96. The molecule has 0 radical (unpaired) electrons. The summed E-state index contributed by atoms with van der Waals surface area (Å²) in [6, 6.07) is 8.15. The van der Waals surface area contributed by atoms with E-state index in [4.69, 9.17) is 0 Å². The van der Waals surface area contributed by atoms with Crippen molar-refractivity contribution in [1.82, 2.24) is 19.7 Å². The van der Waals surface area contributed by atoms with Crippen LogP contribution in [0.1, 0.15) is 22.5 Å². The Bertz CT molecular complexity index is 873. The highest BCUT2D eigenvalue weighted by Crippen LogP contribution is 2.20. The van der Waals surface area contributed by atoms with Crippen LogP contribution in [-0.4, -0.2) is 20.3 Å². The van der Waals surface area contributed by atoms with Gasteiger partial charge in [-0.1, -0.05) is 18.2 Å². The first kappa shape index (κ1) is 15.3. The Labute approximate surface area is 135 Å². The van der Waals surface area contributed by atoms with Gasteiger partial charge in [-0.2, -0.15) is 5.10 Å². The largest absolute Gasteiger partial charge is 0.352 e. The van der Waals surface area contributed by atoms with Gasteiger partial charge in [0.25, 0.3) is 0 Å². The number of nitrogens with zero attached hydrogens (tertiary/aromatic N) is 3. The number of amides is 1. The molecular formula is C18H22N4O. The molecule has 0 spiro atoms. The van der Waals surface area contributed by atoms with Gasteiger partial charge >= 0.3 is 0 Å². The molecule has 1 aromatic carbocycles. The Hall–Kier alpha value is -2.56. The van der Waals surface area contributed by atoms with Crippen molar-refractivity contribution in [2.45, 2.75) is 26.8 Å². The lowest BCUT2D eigenvalue weighted by molar-refractivity contribution is -0.120. The lowest BCUT2D eigenvalue weighted by Gasteiger charge is -2.05. The minimum Gasteiger partial charge on any atom is -0.352 e. The van der Waals surface area contributed by atoms with E-state index in [0.717, 1.165) is 33.4 Å². The van der Waals surface area contributed by atoms with Crippen LogP contribution in [0.25, 0.3) is 10.9 Å². The van der Waals surface area contributed by atoms with Crippen LogP contribution in [0.2, 0.25) is 0 Å². The molecule has 2 aromatic heterocycles. The first-order valence-electron chi connectivity index (χ1n) is 7.76. The zero-order valence-electron chi connectivity index (χ0n) is 14.1. The highest BCUT2D eigenvalue weighted by atomic mass is 16.1. The normalized spacial score (nSPS) is 11.1. The minimum absolute atomic E-state index is 0.0315. The van der Waals surface area contributed by atoms with E-state index >= 15 is 0 Å².